The number of aryl methyl sites for hydroxylation is 1. The van der Waals surface area contributed by atoms with Gasteiger partial charge in [0, 0.05) is 19.1 Å². The van der Waals surface area contributed by atoms with Gasteiger partial charge in [0.15, 0.2) is 5.79 Å². The largest absolute Gasteiger partial charge is 0.362 e. The van der Waals surface area contributed by atoms with Crippen molar-refractivity contribution in [1.82, 2.24) is 0 Å². The van der Waals surface area contributed by atoms with Crippen molar-refractivity contribution in [3.05, 3.63) is 35.4 Å². The summed E-state index contributed by atoms with van der Waals surface area (Å²) in [6.07, 6.45) is 2.73. The first kappa shape index (κ1) is 8.73. The molecule has 13 heavy (non-hydrogen) atoms. The number of fused-ring (bicyclic) bond motifs is 1. The maximum absolute atomic E-state index is 10.1. The normalized spacial score (nSPS) is 26.9. The molecule has 1 aliphatic rings. The van der Waals surface area contributed by atoms with Gasteiger partial charge in [-0.3, -0.25) is 0 Å². The molecular weight excluding hydrogens is 164 g/mol. The molecule has 0 aliphatic heterocycles. The number of aliphatic hydroxyl groups is 1. The Kier molecular flexibility index (Phi) is 2.10. The Labute approximate surface area is 78.2 Å². The average molecular weight is 178 g/mol. The van der Waals surface area contributed by atoms with Gasteiger partial charge >= 0.3 is 0 Å². The molecule has 0 radical (unpaired) electrons. The number of ether oxygens (including phenoxy) is 1. The standard InChI is InChI=1S/C11H14O2/c1-13-11(12)8-4-6-9-5-2-3-7-10(9)11/h2-3,5,7,12H,4,6,8H2,1H3. The van der Waals surface area contributed by atoms with Crippen LogP contribution in [0.5, 0.6) is 0 Å². The molecule has 0 fully saturated rings. The van der Waals surface area contributed by atoms with Crippen molar-refractivity contribution < 1.29 is 9.84 Å². The van der Waals surface area contributed by atoms with Crippen molar-refractivity contribution in [2.24, 2.45) is 0 Å². The minimum Gasteiger partial charge on any atom is -0.362 e. The molecule has 70 valence electrons. The molecule has 0 saturated carbocycles. The zero-order chi connectivity index (χ0) is 9.31. The third-order valence-corrected chi connectivity index (χ3v) is 2.74. The molecule has 2 heteroatoms. The highest BCUT2D eigenvalue weighted by atomic mass is 16.6. The lowest BCUT2D eigenvalue weighted by atomic mass is 9.87. The summed E-state index contributed by atoms with van der Waals surface area (Å²) in [5.41, 5.74) is 2.14. The summed E-state index contributed by atoms with van der Waals surface area (Å²) < 4.78 is 5.16. The smallest absolute Gasteiger partial charge is 0.192 e. The highest BCUT2D eigenvalue weighted by Crippen LogP contribution is 2.35. The Morgan fingerprint density at radius 1 is 1.38 bits per heavy atom. The summed E-state index contributed by atoms with van der Waals surface area (Å²) in [6, 6.07) is 7.94. The lowest BCUT2D eigenvalue weighted by Gasteiger charge is -2.32. The Morgan fingerprint density at radius 3 is 2.92 bits per heavy atom. The number of benzene rings is 1. The van der Waals surface area contributed by atoms with Crippen molar-refractivity contribution in [2.45, 2.75) is 25.0 Å². The zero-order valence-corrected chi connectivity index (χ0v) is 7.79. The van der Waals surface area contributed by atoms with Crippen LogP contribution in [0.1, 0.15) is 24.0 Å². The molecule has 2 nitrogen and oxygen atoms in total. The van der Waals surface area contributed by atoms with Crippen molar-refractivity contribution in [3.8, 4) is 0 Å². The van der Waals surface area contributed by atoms with E-state index >= 15 is 0 Å². The molecule has 1 atom stereocenters. The van der Waals surface area contributed by atoms with Gasteiger partial charge < -0.3 is 9.84 Å². The predicted molar refractivity (Wildman–Crippen MR) is 50.3 cm³/mol. The van der Waals surface area contributed by atoms with Gasteiger partial charge in [-0.1, -0.05) is 24.3 Å². The van der Waals surface area contributed by atoms with E-state index in [-0.39, 0.29) is 0 Å². The van der Waals surface area contributed by atoms with Crippen LogP contribution in [0.3, 0.4) is 0 Å². The fourth-order valence-electron chi connectivity index (χ4n) is 1.98. The van der Waals surface area contributed by atoms with Gasteiger partial charge in [0.05, 0.1) is 0 Å². The number of rotatable bonds is 1. The number of hydrogen-bond acceptors (Lipinski definition) is 2. The average Bonchev–Trinajstić information content (AvgIpc) is 2.19. The van der Waals surface area contributed by atoms with E-state index in [4.69, 9.17) is 4.74 Å². The third-order valence-electron chi connectivity index (χ3n) is 2.74. The third kappa shape index (κ3) is 1.36. The Balaban J connectivity index is 2.48. The summed E-state index contributed by atoms with van der Waals surface area (Å²) in [5, 5.41) is 10.1. The van der Waals surface area contributed by atoms with Crippen LogP contribution in [0.2, 0.25) is 0 Å². The number of methoxy groups -OCH3 is 1. The SMILES string of the molecule is COC1(O)CCCc2ccccc21. The molecule has 1 aromatic rings. The summed E-state index contributed by atoms with van der Waals surface area (Å²) >= 11 is 0. The van der Waals surface area contributed by atoms with Gasteiger partial charge in [0.1, 0.15) is 0 Å². The molecule has 1 unspecified atom stereocenters. The fraction of sp³-hybridized carbons (Fsp3) is 0.455. The van der Waals surface area contributed by atoms with Crippen LogP contribution >= 0.6 is 0 Å². The quantitative estimate of drug-likeness (QED) is 0.665. The van der Waals surface area contributed by atoms with Crippen LogP contribution < -0.4 is 0 Å². The number of hydrogen-bond donors (Lipinski definition) is 1. The molecule has 0 spiro atoms. The summed E-state index contributed by atoms with van der Waals surface area (Å²) in [4.78, 5) is 0. The second kappa shape index (κ2) is 3.13. The van der Waals surface area contributed by atoms with Gasteiger partial charge in [0.2, 0.25) is 0 Å². The van der Waals surface area contributed by atoms with Gasteiger partial charge in [-0.15, -0.1) is 0 Å². The maximum Gasteiger partial charge on any atom is 0.192 e. The molecule has 0 heterocycles. The summed E-state index contributed by atoms with van der Waals surface area (Å²) in [6.45, 7) is 0. The highest BCUT2D eigenvalue weighted by molar-refractivity contribution is 5.32. The molecule has 0 aromatic heterocycles. The summed E-state index contributed by atoms with van der Waals surface area (Å²) in [5.74, 6) is -1.05. The van der Waals surface area contributed by atoms with Crippen molar-refractivity contribution >= 4 is 0 Å². The molecular formula is C11H14O2. The van der Waals surface area contributed by atoms with E-state index in [1.54, 1.807) is 7.11 Å². The zero-order valence-electron chi connectivity index (χ0n) is 7.79. The van der Waals surface area contributed by atoms with E-state index in [0.717, 1.165) is 18.4 Å². The van der Waals surface area contributed by atoms with Gasteiger partial charge in [-0.05, 0) is 18.4 Å². The van der Waals surface area contributed by atoms with Gasteiger partial charge in [-0.25, -0.2) is 0 Å². The van der Waals surface area contributed by atoms with E-state index < -0.39 is 5.79 Å². The molecule has 1 N–H and O–H groups in total. The fourth-order valence-corrected chi connectivity index (χ4v) is 1.98. The van der Waals surface area contributed by atoms with E-state index in [1.165, 1.54) is 5.56 Å². The minimum absolute atomic E-state index is 0.695. The van der Waals surface area contributed by atoms with Crippen LogP contribution in [0.15, 0.2) is 24.3 Å². The molecule has 0 bridgehead atoms. The van der Waals surface area contributed by atoms with Crippen LogP contribution in [-0.4, -0.2) is 12.2 Å². The van der Waals surface area contributed by atoms with Crippen molar-refractivity contribution in [2.75, 3.05) is 7.11 Å². The molecule has 1 aliphatic carbocycles. The Morgan fingerprint density at radius 2 is 2.15 bits per heavy atom. The lowest BCUT2D eigenvalue weighted by molar-refractivity contribution is -0.203. The van der Waals surface area contributed by atoms with E-state index in [1.807, 2.05) is 18.2 Å². The first-order valence-electron chi connectivity index (χ1n) is 4.62. The second-order valence-corrected chi connectivity index (χ2v) is 3.50. The predicted octanol–water partition coefficient (Wildman–Crippen LogP) is 1.81. The van der Waals surface area contributed by atoms with E-state index in [2.05, 4.69) is 6.07 Å². The van der Waals surface area contributed by atoms with Crippen molar-refractivity contribution in [3.63, 3.8) is 0 Å². The van der Waals surface area contributed by atoms with E-state index in [0.29, 0.717) is 6.42 Å². The monoisotopic (exact) mass is 178 g/mol. The molecule has 2 rings (SSSR count). The minimum atomic E-state index is -1.05. The van der Waals surface area contributed by atoms with E-state index in [9.17, 15) is 5.11 Å². The maximum atomic E-state index is 10.1. The topological polar surface area (TPSA) is 29.5 Å². The second-order valence-electron chi connectivity index (χ2n) is 3.50. The summed E-state index contributed by atoms with van der Waals surface area (Å²) in [7, 11) is 1.56. The molecule has 0 saturated heterocycles. The van der Waals surface area contributed by atoms with Gasteiger partial charge in [-0.2, -0.15) is 0 Å². The van der Waals surface area contributed by atoms with Gasteiger partial charge in [0.25, 0.3) is 0 Å². The van der Waals surface area contributed by atoms with Crippen LogP contribution in [0.25, 0.3) is 0 Å². The molecule has 0 amide bonds. The first-order chi connectivity index (χ1) is 6.26. The lowest BCUT2D eigenvalue weighted by Crippen LogP contribution is -2.32. The Hall–Kier alpha value is -0.860. The highest BCUT2D eigenvalue weighted by Gasteiger charge is 2.33. The Bertz CT molecular complexity index is 309. The van der Waals surface area contributed by atoms with Crippen LogP contribution in [0, 0.1) is 0 Å². The molecule has 1 aromatic carbocycles. The van der Waals surface area contributed by atoms with Crippen LogP contribution in [-0.2, 0) is 16.9 Å². The van der Waals surface area contributed by atoms with Crippen LogP contribution in [0.4, 0.5) is 0 Å². The first-order valence-corrected chi connectivity index (χ1v) is 4.62. The van der Waals surface area contributed by atoms with Crippen molar-refractivity contribution in [1.29, 1.82) is 0 Å².